The normalized spacial score (nSPS) is 12.0. The predicted molar refractivity (Wildman–Crippen MR) is 140 cm³/mol. The van der Waals surface area contributed by atoms with Crippen LogP contribution in [0.2, 0.25) is 0 Å². The second-order valence-corrected chi connectivity index (χ2v) is 9.83. The van der Waals surface area contributed by atoms with Crippen LogP contribution in [0.5, 0.6) is 5.75 Å². The number of ether oxygens (including phenoxy) is 1. The molecule has 0 amide bonds. The lowest BCUT2D eigenvalue weighted by molar-refractivity contribution is -0.134. The zero-order valence-electron chi connectivity index (χ0n) is 20.0. The summed E-state index contributed by atoms with van der Waals surface area (Å²) in [5.74, 6) is 0.0547. The number of carbonyl (C=O) groups is 1. The summed E-state index contributed by atoms with van der Waals surface area (Å²) in [6.45, 7) is -0.313. The number of aromatic nitrogens is 2. The van der Waals surface area contributed by atoms with E-state index in [4.69, 9.17) is 9.84 Å². The Morgan fingerprint density at radius 1 is 0.973 bits per heavy atom. The molecule has 190 valence electrons. The first-order valence-electron chi connectivity index (χ1n) is 11.4. The van der Waals surface area contributed by atoms with Crippen LogP contribution in [0.1, 0.15) is 17.3 Å². The van der Waals surface area contributed by atoms with Gasteiger partial charge in [0.1, 0.15) is 18.1 Å². The van der Waals surface area contributed by atoms with Gasteiger partial charge in [0.15, 0.2) is 5.03 Å². The van der Waals surface area contributed by atoms with Crippen molar-refractivity contribution in [3.8, 4) is 16.9 Å². The van der Waals surface area contributed by atoms with Gasteiger partial charge in [0, 0.05) is 6.20 Å². The van der Waals surface area contributed by atoms with Gasteiger partial charge in [-0.25, -0.2) is 23.1 Å². The second kappa shape index (κ2) is 11.6. The van der Waals surface area contributed by atoms with Gasteiger partial charge >= 0.3 is 5.97 Å². The van der Waals surface area contributed by atoms with Crippen LogP contribution in [0.4, 0.5) is 5.82 Å². The van der Waals surface area contributed by atoms with Crippen molar-refractivity contribution >= 4 is 21.8 Å². The molecule has 10 heteroatoms. The van der Waals surface area contributed by atoms with Gasteiger partial charge in [-0.1, -0.05) is 48.5 Å². The molecule has 0 fully saturated rings. The number of methoxy groups -OCH3 is 1. The Kier molecular flexibility index (Phi) is 8.11. The van der Waals surface area contributed by atoms with E-state index in [1.54, 1.807) is 37.4 Å². The lowest BCUT2D eigenvalue weighted by atomic mass is 9.99. The first kappa shape index (κ1) is 25.8. The molecule has 0 saturated carbocycles. The predicted octanol–water partition coefficient (Wildman–Crippen LogP) is 3.91. The van der Waals surface area contributed by atoms with Gasteiger partial charge in [0.05, 0.1) is 18.8 Å². The molecule has 4 rings (SSSR count). The maximum absolute atomic E-state index is 13.1. The van der Waals surface area contributed by atoms with Crippen LogP contribution in [0.25, 0.3) is 11.1 Å². The van der Waals surface area contributed by atoms with Crippen molar-refractivity contribution < 1.29 is 23.1 Å². The summed E-state index contributed by atoms with van der Waals surface area (Å²) < 4.78 is 34.2. The second-order valence-electron chi connectivity index (χ2n) is 8.17. The molecule has 0 bridgehead atoms. The number of nitrogens with one attached hydrogen (secondary N) is 2. The number of carboxylic acids is 1. The maximum Gasteiger partial charge on any atom is 0.322 e. The molecular weight excluding hydrogens is 492 g/mol. The minimum Gasteiger partial charge on any atom is -0.497 e. The van der Waals surface area contributed by atoms with E-state index in [-0.39, 0.29) is 11.6 Å². The molecule has 1 atom stereocenters. The number of hydrogen-bond acceptors (Lipinski definition) is 7. The largest absolute Gasteiger partial charge is 0.497 e. The van der Waals surface area contributed by atoms with Crippen molar-refractivity contribution in [2.45, 2.75) is 17.5 Å². The fourth-order valence-electron chi connectivity index (χ4n) is 3.74. The Morgan fingerprint density at radius 2 is 1.76 bits per heavy atom. The van der Waals surface area contributed by atoms with Gasteiger partial charge in [0.25, 0.3) is 10.0 Å². The summed E-state index contributed by atoms with van der Waals surface area (Å²) in [5, 5.41) is 11.6. The first-order chi connectivity index (χ1) is 17.8. The van der Waals surface area contributed by atoms with Crippen molar-refractivity contribution in [2.24, 2.45) is 0 Å². The molecule has 0 saturated heterocycles. The number of hydrogen-bond donors (Lipinski definition) is 3. The molecule has 2 heterocycles. The van der Waals surface area contributed by atoms with Crippen molar-refractivity contribution in [3.63, 3.8) is 0 Å². The molecule has 3 N–H and O–H groups in total. The summed E-state index contributed by atoms with van der Waals surface area (Å²) >= 11 is 0. The summed E-state index contributed by atoms with van der Waals surface area (Å²) in [7, 11) is -2.34. The molecule has 0 aliphatic heterocycles. The third-order valence-electron chi connectivity index (χ3n) is 5.56. The van der Waals surface area contributed by atoms with Crippen molar-refractivity contribution in [1.29, 1.82) is 0 Å². The highest BCUT2D eigenvalue weighted by Crippen LogP contribution is 2.26. The molecule has 9 nitrogen and oxygen atoms in total. The molecule has 0 aliphatic rings. The van der Waals surface area contributed by atoms with Crippen LogP contribution < -0.4 is 14.8 Å². The lowest BCUT2D eigenvalue weighted by Crippen LogP contribution is -2.31. The molecular formula is C27H26N4O5S. The number of sulfonamides is 1. The Hall–Kier alpha value is -4.28. The van der Waals surface area contributed by atoms with E-state index in [9.17, 15) is 13.2 Å². The number of rotatable bonds is 11. The zero-order chi connectivity index (χ0) is 26.3. The third-order valence-corrected chi connectivity index (χ3v) is 6.94. The first-order valence-corrected chi connectivity index (χ1v) is 12.9. The van der Waals surface area contributed by atoms with E-state index in [2.05, 4.69) is 20.0 Å². The monoisotopic (exact) mass is 518 g/mol. The van der Waals surface area contributed by atoms with Gasteiger partial charge in [-0.3, -0.25) is 4.79 Å². The number of aliphatic carboxylic acids is 1. The van der Waals surface area contributed by atoms with Crippen LogP contribution >= 0.6 is 0 Å². The van der Waals surface area contributed by atoms with Crippen LogP contribution in [-0.2, 0) is 21.2 Å². The highest BCUT2D eigenvalue weighted by molar-refractivity contribution is 7.89. The Morgan fingerprint density at radius 3 is 2.46 bits per heavy atom. The fourth-order valence-corrected chi connectivity index (χ4v) is 4.90. The van der Waals surface area contributed by atoms with E-state index >= 15 is 0 Å². The van der Waals surface area contributed by atoms with E-state index in [1.165, 1.54) is 12.3 Å². The molecule has 1 unspecified atom stereocenters. The van der Waals surface area contributed by atoms with E-state index in [0.29, 0.717) is 17.9 Å². The minimum atomic E-state index is -3.95. The molecule has 0 spiro atoms. The maximum atomic E-state index is 13.1. The van der Waals surface area contributed by atoms with E-state index in [1.807, 2.05) is 48.5 Å². The van der Waals surface area contributed by atoms with Crippen LogP contribution in [0.15, 0.2) is 96.2 Å². The third kappa shape index (κ3) is 6.90. The van der Waals surface area contributed by atoms with E-state index < -0.39 is 22.0 Å². The summed E-state index contributed by atoms with van der Waals surface area (Å²) in [5.41, 5.74) is 3.31. The summed E-state index contributed by atoms with van der Waals surface area (Å²) in [4.78, 5) is 19.4. The zero-order valence-corrected chi connectivity index (χ0v) is 20.9. The molecule has 0 aliphatic carbocycles. The Balaban J connectivity index is 1.62. The number of benzene rings is 2. The molecule has 2 aromatic heterocycles. The standard InChI is InChI=1S/C27H26N4O5S/c1-36-22-7-4-6-21(17-22)20-13-11-19(12-14-20)16-24(31-37(34,35)26-10-2-3-15-28-26)23-8-5-9-25(30-23)29-18-27(32)33/h2-15,17,24,31H,16,18H2,1H3,(H,29,30)(H,32,33). The van der Waals surface area contributed by atoms with Crippen molar-refractivity contribution in [1.82, 2.24) is 14.7 Å². The summed E-state index contributed by atoms with van der Waals surface area (Å²) in [6, 6.07) is 24.5. The molecule has 2 aromatic carbocycles. The Labute approximate surface area is 215 Å². The number of nitrogens with zero attached hydrogens (tertiary/aromatic N) is 2. The van der Waals surface area contributed by atoms with Gasteiger partial charge in [0.2, 0.25) is 0 Å². The van der Waals surface area contributed by atoms with Crippen LogP contribution in [-0.4, -0.2) is 43.1 Å². The number of carboxylic acid groups (broad SMARTS) is 1. The van der Waals surface area contributed by atoms with Crippen LogP contribution in [0.3, 0.4) is 0 Å². The van der Waals surface area contributed by atoms with Crippen molar-refractivity contribution in [2.75, 3.05) is 19.0 Å². The average molecular weight is 519 g/mol. The topological polar surface area (TPSA) is 131 Å². The van der Waals surface area contributed by atoms with Gasteiger partial charge < -0.3 is 15.2 Å². The van der Waals surface area contributed by atoms with Crippen molar-refractivity contribution in [3.05, 3.63) is 102 Å². The Bertz CT molecular complexity index is 1460. The van der Waals surface area contributed by atoms with E-state index in [0.717, 1.165) is 22.4 Å². The summed E-state index contributed by atoms with van der Waals surface area (Å²) in [6.07, 6.45) is 1.72. The molecule has 0 radical (unpaired) electrons. The lowest BCUT2D eigenvalue weighted by Gasteiger charge is -2.19. The highest BCUT2D eigenvalue weighted by Gasteiger charge is 2.24. The average Bonchev–Trinajstić information content (AvgIpc) is 2.92. The number of pyridine rings is 2. The highest BCUT2D eigenvalue weighted by atomic mass is 32.2. The quantitative estimate of drug-likeness (QED) is 0.272. The SMILES string of the molecule is COc1cccc(-c2ccc(CC(NS(=O)(=O)c3ccccn3)c3cccc(NCC(=O)O)n3)cc2)c1. The van der Waals surface area contributed by atoms with Gasteiger partial charge in [-0.15, -0.1) is 0 Å². The minimum absolute atomic E-state index is 0.103. The van der Waals surface area contributed by atoms with Gasteiger partial charge in [-0.05, 0) is 59.5 Å². The molecule has 37 heavy (non-hydrogen) atoms. The molecule has 4 aromatic rings. The number of anilines is 1. The fraction of sp³-hybridized carbons (Fsp3) is 0.148. The van der Waals surface area contributed by atoms with Gasteiger partial charge in [-0.2, -0.15) is 0 Å². The smallest absolute Gasteiger partial charge is 0.322 e. The van der Waals surface area contributed by atoms with Crippen LogP contribution in [0, 0.1) is 0 Å².